The van der Waals surface area contributed by atoms with Crippen LogP contribution >= 0.6 is 0 Å². The summed E-state index contributed by atoms with van der Waals surface area (Å²) in [6.45, 7) is 0.0209. The third kappa shape index (κ3) is 5.56. The van der Waals surface area contributed by atoms with Gasteiger partial charge in [-0.05, 0) is 44.5 Å². The molecule has 2 aliphatic carbocycles. The van der Waals surface area contributed by atoms with E-state index in [0.29, 0.717) is 0 Å². The Kier molecular flexibility index (Phi) is 7.85. The number of alkyl carbamates (subject to hydrolysis) is 2. The fraction of sp³-hybridized carbons (Fsp3) is 0.206. The zero-order valence-electron chi connectivity index (χ0n) is 22.9. The fourth-order valence-corrected chi connectivity index (χ4v) is 5.81. The van der Waals surface area contributed by atoms with Gasteiger partial charge in [-0.1, -0.05) is 97.1 Å². The van der Waals surface area contributed by atoms with Crippen molar-refractivity contribution < 1.29 is 28.6 Å². The van der Waals surface area contributed by atoms with Gasteiger partial charge < -0.3 is 24.8 Å². The molecule has 42 heavy (non-hydrogen) atoms. The van der Waals surface area contributed by atoms with Gasteiger partial charge in [0.1, 0.15) is 26.4 Å². The van der Waals surface area contributed by atoms with E-state index in [-0.39, 0.29) is 44.7 Å². The SMILES string of the molecule is O=C(CNC(=O)OCC1c2ccccc2-c2ccccc21)OCCNC(=O)OCC1c2ccccc2-c2ccccc21. The quantitative estimate of drug-likeness (QED) is 0.156. The molecule has 8 nitrogen and oxygen atoms in total. The minimum atomic E-state index is -0.703. The van der Waals surface area contributed by atoms with Gasteiger partial charge >= 0.3 is 18.2 Å². The Morgan fingerprint density at radius 2 is 0.905 bits per heavy atom. The molecule has 0 saturated carbocycles. The fourth-order valence-electron chi connectivity index (χ4n) is 5.81. The first-order valence-electron chi connectivity index (χ1n) is 13.9. The van der Waals surface area contributed by atoms with Gasteiger partial charge in [0.05, 0.1) is 6.54 Å². The van der Waals surface area contributed by atoms with Gasteiger partial charge in [0.2, 0.25) is 0 Å². The van der Waals surface area contributed by atoms with Crippen molar-refractivity contribution in [2.24, 2.45) is 0 Å². The van der Waals surface area contributed by atoms with Crippen LogP contribution in [-0.2, 0) is 19.0 Å². The van der Waals surface area contributed by atoms with Crippen molar-refractivity contribution in [2.45, 2.75) is 11.8 Å². The highest BCUT2D eigenvalue weighted by atomic mass is 16.6. The van der Waals surface area contributed by atoms with E-state index in [9.17, 15) is 14.4 Å². The Hall–Kier alpha value is -5.11. The molecule has 0 spiro atoms. The Morgan fingerprint density at radius 3 is 1.33 bits per heavy atom. The molecule has 212 valence electrons. The summed E-state index contributed by atoms with van der Waals surface area (Å²) in [4.78, 5) is 36.6. The average molecular weight is 563 g/mol. The van der Waals surface area contributed by atoms with Crippen molar-refractivity contribution in [1.29, 1.82) is 0 Å². The predicted molar refractivity (Wildman–Crippen MR) is 157 cm³/mol. The van der Waals surface area contributed by atoms with Crippen molar-refractivity contribution >= 4 is 18.2 Å². The highest BCUT2D eigenvalue weighted by molar-refractivity contribution is 5.81. The van der Waals surface area contributed by atoms with Crippen molar-refractivity contribution in [3.63, 3.8) is 0 Å². The zero-order valence-corrected chi connectivity index (χ0v) is 22.9. The lowest BCUT2D eigenvalue weighted by Gasteiger charge is -2.15. The largest absolute Gasteiger partial charge is 0.462 e. The number of esters is 1. The van der Waals surface area contributed by atoms with Crippen LogP contribution in [0.4, 0.5) is 9.59 Å². The molecule has 0 bridgehead atoms. The van der Waals surface area contributed by atoms with Crippen LogP contribution in [0, 0.1) is 0 Å². The number of benzene rings is 4. The summed E-state index contributed by atoms with van der Waals surface area (Å²) in [6.07, 6.45) is -1.30. The lowest BCUT2D eigenvalue weighted by molar-refractivity contribution is -0.142. The molecule has 0 radical (unpaired) electrons. The summed E-state index contributed by atoms with van der Waals surface area (Å²) < 4.78 is 16.0. The standard InChI is InChI=1S/C34H30N2O6/c37-32(19-36-34(39)42-21-31-28-15-7-3-11-24(28)25-12-4-8-16-29(25)31)40-18-17-35-33(38)41-20-30-26-13-5-1-9-22(26)23-10-2-6-14-27(23)30/h1-16,30-31H,17-21H2,(H,35,38)(H,36,39). The molecule has 0 heterocycles. The molecule has 6 rings (SSSR count). The highest BCUT2D eigenvalue weighted by Gasteiger charge is 2.30. The van der Waals surface area contributed by atoms with E-state index in [2.05, 4.69) is 47.0 Å². The minimum Gasteiger partial charge on any atom is -0.462 e. The van der Waals surface area contributed by atoms with E-state index in [0.717, 1.165) is 44.5 Å². The Bertz CT molecular complexity index is 1540. The number of rotatable bonds is 9. The summed E-state index contributed by atoms with van der Waals surface area (Å²) >= 11 is 0. The normalized spacial score (nSPS) is 12.9. The summed E-state index contributed by atoms with van der Waals surface area (Å²) in [6, 6.07) is 32.3. The maximum atomic E-state index is 12.3. The monoisotopic (exact) mass is 562 g/mol. The molecule has 0 fully saturated rings. The van der Waals surface area contributed by atoms with Gasteiger partial charge in [0.15, 0.2) is 0 Å². The molecule has 0 saturated heterocycles. The second kappa shape index (κ2) is 12.2. The predicted octanol–water partition coefficient (Wildman–Crippen LogP) is 5.61. The molecule has 0 aromatic heterocycles. The van der Waals surface area contributed by atoms with Gasteiger partial charge in [0, 0.05) is 11.8 Å². The molecule has 0 atom stereocenters. The molecule has 2 aliphatic rings. The first-order chi connectivity index (χ1) is 20.6. The Morgan fingerprint density at radius 1 is 0.524 bits per heavy atom. The van der Waals surface area contributed by atoms with E-state index in [1.54, 1.807) is 0 Å². The first-order valence-corrected chi connectivity index (χ1v) is 13.9. The number of ether oxygens (including phenoxy) is 3. The summed E-state index contributed by atoms with van der Waals surface area (Å²) in [5.74, 6) is -0.748. The second-order valence-corrected chi connectivity index (χ2v) is 10.2. The van der Waals surface area contributed by atoms with Crippen LogP contribution in [0.5, 0.6) is 0 Å². The lowest BCUT2D eigenvalue weighted by Crippen LogP contribution is -2.34. The van der Waals surface area contributed by atoms with Gasteiger partial charge in [-0.3, -0.25) is 4.79 Å². The van der Waals surface area contributed by atoms with Crippen molar-refractivity contribution in [2.75, 3.05) is 32.9 Å². The molecule has 2 N–H and O–H groups in total. The van der Waals surface area contributed by atoms with Crippen molar-refractivity contribution in [3.05, 3.63) is 119 Å². The first kappa shape index (κ1) is 27.1. The van der Waals surface area contributed by atoms with E-state index in [1.165, 1.54) is 0 Å². The van der Waals surface area contributed by atoms with Crippen LogP contribution in [0.1, 0.15) is 34.1 Å². The van der Waals surface area contributed by atoms with E-state index < -0.39 is 18.2 Å². The van der Waals surface area contributed by atoms with Crippen LogP contribution in [0.3, 0.4) is 0 Å². The number of hydrogen-bond donors (Lipinski definition) is 2. The number of hydrogen-bond acceptors (Lipinski definition) is 6. The van der Waals surface area contributed by atoms with Crippen LogP contribution in [0.15, 0.2) is 97.1 Å². The smallest absolute Gasteiger partial charge is 0.407 e. The van der Waals surface area contributed by atoms with Gasteiger partial charge in [-0.2, -0.15) is 0 Å². The number of carbonyl (C=O) groups is 3. The highest BCUT2D eigenvalue weighted by Crippen LogP contribution is 2.45. The molecule has 8 heteroatoms. The summed E-state index contributed by atoms with van der Waals surface area (Å²) in [5.41, 5.74) is 9.05. The van der Waals surface area contributed by atoms with Crippen LogP contribution in [-0.4, -0.2) is 51.1 Å². The second-order valence-electron chi connectivity index (χ2n) is 10.2. The molecule has 2 amide bonds. The number of amides is 2. The third-order valence-corrected chi connectivity index (χ3v) is 7.70. The lowest BCUT2D eigenvalue weighted by atomic mass is 9.98. The van der Waals surface area contributed by atoms with Crippen LogP contribution < -0.4 is 10.6 Å². The minimum absolute atomic E-state index is 0.0371. The van der Waals surface area contributed by atoms with Crippen LogP contribution in [0.25, 0.3) is 22.3 Å². The van der Waals surface area contributed by atoms with Gasteiger partial charge in [0.25, 0.3) is 0 Å². The molecule has 0 unspecified atom stereocenters. The van der Waals surface area contributed by atoms with Gasteiger partial charge in [-0.25, -0.2) is 9.59 Å². The van der Waals surface area contributed by atoms with Crippen molar-refractivity contribution in [3.8, 4) is 22.3 Å². The topological polar surface area (TPSA) is 103 Å². The van der Waals surface area contributed by atoms with Gasteiger partial charge in [-0.15, -0.1) is 0 Å². The number of carbonyl (C=O) groups excluding carboxylic acids is 3. The van der Waals surface area contributed by atoms with E-state index >= 15 is 0 Å². The molecular weight excluding hydrogens is 532 g/mol. The summed E-state index contributed by atoms with van der Waals surface area (Å²) in [7, 11) is 0. The Balaban J connectivity index is 0.888. The number of nitrogens with one attached hydrogen (secondary N) is 2. The van der Waals surface area contributed by atoms with E-state index in [1.807, 2.05) is 60.7 Å². The van der Waals surface area contributed by atoms with Crippen LogP contribution in [0.2, 0.25) is 0 Å². The number of fused-ring (bicyclic) bond motifs is 6. The molecule has 4 aromatic rings. The molecule has 0 aliphatic heterocycles. The summed E-state index contributed by atoms with van der Waals surface area (Å²) in [5, 5.41) is 5.02. The average Bonchev–Trinajstić information content (AvgIpc) is 3.52. The molecule has 4 aromatic carbocycles. The van der Waals surface area contributed by atoms with E-state index in [4.69, 9.17) is 14.2 Å². The third-order valence-electron chi connectivity index (χ3n) is 7.70. The van der Waals surface area contributed by atoms with Crippen molar-refractivity contribution in [1.82, 2.24) is 10.6 Å². The molecular formula is C34H30N2O6. The maximum absolute atomic E-state index is 12.3. The Labute approximate surface area is 243 Å². The maximum Gasteiger partial charge on any atom is 0.407 e. The zero-order chi connectivity index (χ0) is 28.9.